The number of piperidine rings is 1. The van der Waals surface area contributed by atoms with Crippen molar-refractivity contribution in [1.29, 1.82) is 5.26 Å². The average molecular weight is 469 g/mol. The highest BCUT2D eigenvalue weighted by Crippen LogP contribution is 2.36. The van der Waals surface area contributed by atoms with Gasteiger partial charge in [-0.25, -0.2) is 8.78 Å². The van der Waals surface area contributed by atoms with Gasteiger partial charge in [-0.1, -0.05) is 6.07 Å². The first kappa shape index (κ1) is 24.1. The first-order chi connectivity index (χ1) is 16.4. The van der Waals surface area contributed by atoms with Crippen LogP contribution in [0.4, 0.5) is 8.78 Å². The molecule has 1 unspecified atom stereocenters. The lowest BCUT2D eigenvalue weighted by atomic mass is 9.80. The fourth-order valence-electron chi connectivity index (χ4n) is 4.82. The molecule has 34 heavy (non-hydrogen) atoms. The third kappa shape index (κ3) is 5.36. The van der Waals surface area contributed by atoms with E-state index < -0.39 is 11.6 Å². The molecule has 0 radical (unpaired) electrons. The first-order valence-electron chi connectivity index (χ1n) is 11.9. The number of hydrogen-bond acceptors (Lipinski definition) is 4. The molecule has 0 bridgehead atoms. The van der Waals surface area contributed by atoms with Gasteiger partial charge in [0.2, 0.25) is 5.91 Å². The number of halogens is 2. The molecule has 2 atom stereocenters. The summed E-state index contributed by atoms with van der Waals surface area (Å²) in [5.74, 6) is -2.43. The Kier molecular flexibility index (Phi) is 7.42. The largest absolute Gasteiger partial charge is 0.335 e. The monoisotopic (exact) mass is 468 g/mol. The van der Waals surface area contributed by atoms with Crippen molar-refractivity contribution in [3.63, 3.8) is 0 Å². The van der Waals surface area contributed by atoms with Crippen LogP contribution in [0.1, 0.15) is 54.7 Å². The Hall–Kier alpha value is -3.05. The molecular weight excluding hydrogens is 438 g/mol. The van der Waals surface area contributed by atoms with E-state index in [1.165, 1.54) is 10.6 Å². The molecule has 2 heterocycles. The van der Waals surface area contributed by atoms with E-state index in [4.69, 9.17) is 5.26 Å². The van der Waals surface area contributed by atoms with Gasteiger partial charge >= 0.3 is 0 Å². The molecule has 1 aromatic carbocycles. The van der Waals surface area contributed by atoms with Crippen LogP contribution in [0.15, 0.2) is 35.3 Å². The van der Waals surface area contributed by atoms with Gasteiger partial charge in [0, 0.05) is 50.4 Å². The Bertz CT molecular complexity index is 1150. The summed E-state index contributed by atoms with van der Waals surface area (Å²) in [7, 11) is 1.69. The second kappa shape index (κ2) is 10.5. The van der Waals surface area contributed by atoms with Crippen LogP contribution in [0.25, 0.3) is 0 Å². The minimum atomic E-state index is -0.926. The fourth-order valence-corrected chi connectivity index (χ4v) is 4.82. The van der Waals surface area contributed by atoms with Crippen LogP contribution in [-0.4, -0.2) is 34.5 Å². The molecule has 1 saturated carbocycles. The van der Waals surface area contributed by atoms with E-state index in [0.29, 0.717) is 31.4 Å². The van der Waals surface area contributed by atoms with Crippen molar-refractivity contribution < 1.29 is 13.6 Å². The van der Waals surface area contributed by atoms with Gasteiger partial charge in [-0.2, -0.15) is 5.26 Å². The smallest absolute Gasteiger partial charge is 0.250 e. The van der Waals surface area contributed by atoms with Gasteiger partial charge < -0.3 is 14.8 Å². The quantitative estimate of drug-likeness (QED) is 0.603. The number of aryl methyl sites for hydroxylation is 2. The topological polar surface area (TPSA) is 78.1 Å². The zero-order valence-corrected chi connectivity index (χ0v) is 19.4. The van der Waals surface area contributed by atoms with Crippen LogP contribution < -0.4 is 10.9 Å². The van der Waals surface area contributed by atoms with E-state index in [1.807, 2.05) is 6.07 Å². The van der Waals surface area contributed by atoms with Crippen molar-refractivity contribution in [3.05, 3.63) is 69.1 Å². The van der Waals surface area contributed by atoms with Gasteiger partial charge in [-0.05, 0) is 67.8 Å². The third-order valence-electron chi connectivity index (χ3n) is 6.88. The summed E-state index contributed by atoms with van der Waals surface area (Å²) in [6.45, 7) is 1.24. The van der Waals surface area contributed by atoms with Crippen LogP contribution in [0.2, 0.25) is 0 Å². The van der Waals surface area contributed by atoms with Crippen LogP contribution in [0.3, 0.4) is 0 Å². The highest BCUT2D eigenvalue weighted by Gasteiger charge is 2.40. The number of aromatic nitrogens is 1. The van der Waals surface area contributed by atoms with Crippen LogP contribution in [0.5, 0.6) is 0 Å². The lowest BCUT2D eigenvalue weighted by Crippen LogP contribution is -2.47. The molecule has 1 aliphatic heterocycles. The second-order valence-corrected chi connectivity index (χ2v) is 9.37. The molecular formula is C26H30F2N4O2. The summed E-state index contributed by atoms with van der Waals surface area (Å²) in [6.07, 6.45) is 5.52. The summed E-state index contributed by atoms with van der Waals surface area (Å²) in [6, 6.07) is 8.36. The van der Waals surface area contributed by atoms with Crippen molar-refractivity contribution >= 4 is 5.91 Å². The summed E-state index contributed by atoms with van der Waals surface area (Å²) in [4.78, 5) is 27.7. The Morgan fingerprint density at radius 2 is 2.06 bits per heavy atom. The number of unbranched alkanes of at least 4 members (excludes halogenated alkanes) is 1. The molecule has 6 nitrogen and oxygen atoms in total. The Labute approximate surface area is 198 Å². The first-order valence-corrected chi connectivity index (χ1v) is 11.9. The van der Waals surface area contributed by atoms with E-state index in [0.717, 1.165) is 31.4 Å². The lowest BCUT2D eigenvalue weighted by Gasteiger charge is -2.36. The van der Waals surface area contributed by atoms with Gasteiger partial charge in [-0.3, -0.25) is 9.59 Å². The third-order valence-corrected chi connectivity index (χ3v) is 6.88. The summed E-state index contributed by atoms with van der Waals surface area (Å²) in [5.41, 5.74) is 1.52. The highest BCUT2D eigenvalue weighted by atomic mass is 19.2. The highest BCUT2D eigenvalue weighted by molar-refractivity contribution is 5.81. The molecule has 4 rings (SSSR count). The minimum Gasteiger partial charge on any atom is -0.335 e. The van der Waals surface area contributed by atoms with Gasteiger partial charge in [0.25, 0.3) is 5.56 Å². The van der Waals surface area contributed by atoms with Crippen molar-refractivity contribution in [3.8, 4) is 6.07 Å². The molecule has 2 aliphatic rings. The van der Waals surface area contributed by atoms with Gasteiger partial charge in [0.15, 0.2) is 11.6 Å². The van der Waals surface area contributed by atoms with Gasteiger partial charge in [-0.15, -0.1) is 0 Å². The number of nitrogens with one attached hydrogen (secondary N) is 1. The molecule has 1 aromatic heterocycles. The summed E-state index contributed by atoms with van der Waals surface area (Å²) >= 11 is 0. The maximum Gasteiger partial charge on any atom is 0.250 e. The van der Waals surface area contributed by atoms with E-state index in [1.54, 1.807) is 30.3 Å². The van der Waals surface area contributed by atoms with Crippen molar-refractivity contribution in [1.82, 2.24) is 14.8 Å². The number of carbonyl (C=O) groups excluding carboxylic acids is 1. The lowest BCUT2D eigenvalue weighted by molar-refractivity contribution is -0.138. The number of nitrogens with zero attached hydrogens (tertiary/aromatic N) is 3. The number of rotatable bonds is 8. The number of hydrogen-bond donors (Lipinski definition) is 1. The van der Waals surface area contributed by atoms with Crippen molar-refractivity contribution in [2.45, 2.75) is 57.0 Å². The number of carbonyl (C=O) groups is 1. The maximum atomic E-state index is 14.7. The fraction of sp³-hybridized carbons (Fsp3) is 0.500. The number of nitriles is 1. The van der Waals surface area contributed by atoms with Crippen LogP contribution in [-0.2, 0) is 24.8 Å². The Morgan fingerprint density at radius 1 is 1.26 bits per heavy atom. The van der Waals surface area contributed by atoms with Gasteiger partial charge in [0.05, 0.1) is 12.0 Å². The minimum absolute atomic E-state index is 0.0120. The Balaban J connectivity index is 1.58. The molecule has 2 aromatic rings. The SMILES string of the molecule is Cn1ccc(C2CCNC[C@@H]2C(=O)N(Cc2cc(CCCC#N)cc(F)c2F)C2CC2)cc1=O. The zero-order valence-electron chi connectivity index (χ0n) is 19.4. The molecule has 1 amide bonds. The normalized spacial score (nSPS) is 20.1. The van der Waals surface area contributed by atoms with Crippen molar-refractivity contribution in [2.24, 2.45) is 13.0 Å². The van der Waals surface area contributed by atoms with Gasteiger partial charge in [0.1, 0.15) is 0 Å². The predicted octanol–water partition coefficient (Wildman–Crippen LogP) is 3.39. The zero-order chi connectivity index (χ0) is 24.2. The van der Waals surface area contributed by atoms with Crippen LogP contribution >= 0.6 is 0 Å². The average Bonchev–Trinajstić information content (AvgIpc) is 3.67. The van der Waals surface area contributed by atoms with E-state index >= 15 is 0 Å². The second-order valence-electron chi connectivity index (χ2n) is 9.37. The van der Waals surface area contributed by atoms with E-state index in [2.05, 4.69) is 11.4 Å². The summed E-state index contributed by atoms with van der Waals surface area (Å²) in [5, 5.41) is 12.0. The molecule has 0 spiro atoms. The summed E-state index contributed by atoms with van der Waals surface area (Å²) < 4.78 is 30.6. The molecule has 1 N–H and O–H groups in total. The molecule has 8 heteroatoms. The predicted molar refractivity (Wildman–Crippen MR) is 124 cm³/mol. The van der Waals surface area contributed by atoms with E-state index in [-0.39, 0.29) is 41.5 Å². The van der Waals surface area contributed by atoms with E-state index in [9.17, 15) is 18.4 Å². The van der Waals surface area contributed by atoms with Crippen molar-refractivity contribution in [2.75, 3.05) is 13.1 Å². The molecule has 180 valence electrons. The molecule has 1 saturated heterocycles. The standard InChI is InChI=1S/C26H30F2N4O2/c1-31-11-8-18(14-24(31)33)21-7-10-30-15-22(21)26(34)32(20-5-6-20)16-19-12-17(4-2-3-9-29)13-23(27)25(19)28/h8,11-14,20-22,30H,2-7,10,15-16H2,1H3/t21?,22-/m0/s1. The van der Waals surface area contributed by atoms with Crippen LogP contribution in [0, 0.1) is 28.9 Å². The number of pyridine rings is 1. The number of benzene rings is 1. The Morgan fingerprint density at radius 3 is 2.76 bits per heavy atom. The molecule has 1 aliphatic carbocycles. The maximum absolute atomic E-state index is 14.7. The number of amides is 1. The molecule has 2 fully saturated rings.